The average molecular weight is 528 g/mol. The Hall–Kier alpha value is -4.09. The molecular formula is C30H29N3O4S. The van der Waals surface area contributed by atoms with Crippen molar-refractivity contribution in [3.63, 3.8) is 0 Å². The fraction of sp³-hybridized carbons (Fsp3) is 0.300. The van der Waals surface area contributed by atoms with E-state index in [9.17, 15) is 19.8 Å². The summed E-state index contributed by atoms with van der Waals surface area (Å²) in [4.78, 5) is 37.8. The molecule has 0 fully saturated rings. The van der Waals surface area contributed by atoms with Gasteiger partial charge in [-0.1, -0.05) is 45.0 Å². The summed E-state index contributed by atoms with van der Waals surface area (Å²) in [5.41, 5.74) is 3.70. The van der Waals surface area contributed by atoms with Gasteiger partial charge in [0.2, 0.25) is 0 Å². The van der Waals surface area contributed by atoms with Gasteiger partial charge in [0.1, 0.15) is 0 Å². The molecule has 0 saturated heterocycles. The number of allylic oxidation sites excluding steroid dienone is 1. The van der Waals surface area contributed by atoms with E-state index >= 15 is 0 Å². The third-order valence-electron chi connectivity index (χ3n) is 6.33. The van der Waals surface area contributed by atoms with Gasteiger partial charge >= 0.3 is 11.9 Å². The normalized spacial score (nSPS) is 14.7. The summed E-state index contributed by atoms with van der Waals surface area (Å²) in [6, 6.07) is 7.76. The van der Waals surface area contributed by atoms with Crippen molar-refractivity contribution in [3.05, 3.63) is 80.8 Å². The monoisotopic (exact) mass is 527 g/mol. The highest BCUT2D eigenvalue weighted by atomic mass is 32.1. The third-order valence-corrected chi connectivity index (χ3v) is 7.20. The zero-order valence-corrected chi connectivity index (χ0v) is 22.2. The lowest BCUT2D eigenvalue weighted by atomic mass is 9.95. The van der Waals surface area contributed by atoms with E-state index in [4.69, 9.17) is 0 Å². The number of aryl methyl sites for hydroxylation is 1. The minimum Gasteiger partial charge on any atom is -0.478 e. The van der Waals surface area contributed by atoms with Crippen molar-refractivity contribution in [2.24, 2.45) is 10.9 Å². The van der Waals surface area contributed by atoms with Crippen LogP contribution in [0, 0.1) is 17.8 Å². The number of dihydropyridines is 1. The summed E-state index contributed by atoms with van der Waals surface area (Å²) < 4.78 is 0. The van der Waals surface area contributed by atoms with E-state index in [0.29, 0.717) is 18.0 Å². The molecule has 0 spiro atoms. The molecule has 0 radical (unpaired) electrons. The summed E-state index contributed by atoms with van der Waals surface area (Å²) in [6.45, 7) is 4.78. The number of pyridine rings is 2. The maximum Gasteiger partial charge on any atom is 0.335 e. The van der Waals surface area contributed by atoms with Crippen molar-refractivity contribution < 1.29 is 19.8 Å². The first-order chi connectivity index (χ1) is 18.4. The van der Waals surface area contributed by atoms with Crippen molar-refractivity contribution in [1.82, 2.24) is 9.97 Å². The van der Waals surface area contributed by atoms with Gasteiger partial charge in [-0.2, -0.15) is 0 Å². The Morgan fingerprint density at radius 2 is 1.76 bits per heavy atom. The van der Waals surface area contributed by atoms with E-state index < -0.39 is 11.9 Å². The molecule has 0 amide bonds. The zero-order chi connectivity index (χ0) is 27.1. The molecule has 1 aliphatic heterocycles. The van der Waals surface area contributed by atoms with Gasteiger partial charge in [-0.3, -0.25) is 9.98 Å². The summed E-state index contributed by atoms with van der Waals surface area (Å²) in [5, 5.41) is 21.1. The van der Waals surface area contributed by atoms with Crippen LogP contribution in [0.3, 0.4) is 0 Å². The van der Waals surface area contributed by atoms with Crippen LogP contribution in [0.4, 0.5) is 0 Å². The van der Waals surface area contributed by atoms with Crippen LogP contribution in [0.2, 0.25) is 0 Å². The largest absolute Gasteiger partial charge is 0.478 e. The molecule has 3 aromatic rings. The molecule has 8 heteroatoms. The lowest BCUT2D eigenvalue weighted by molar-refractivity contribution is 0.0685. The molecule has 4 heterocycles. The van der Waals surface area contributed by atoms with E-state index in [0.717, 1.165) is 23.3 Å². The van der Waals surface area contributed by atoms with Gasteiger partial charge in [0.25, 0.3) is 0 Å². The molecule has 0 saturated carbocycles. The van der Waals surface area contributed by atoms with E-state index in [2.05, 4.69) is 52.1 Å². The van der Waals surface area contributed by atoms with Gasteiger partial charge in [0.05, 0.1) is 38.8 Å². The van der Waals surface area contributed by atoms with Crippen molar-refractivity contribution in [2.45, 2.75) is 46.0 Å². The van der Waals surface area contributed by atoms with Crippen molar-refractivity contribution >= 4 is 29.0 Å². The Morgan fingerprint density at radius 3 is 2.53 bits per heavy atom. The Labute approximate surface area is 226 Å². The summed E-state index contributed by atoms with van der Waals surface area (Å²) in [5.74, 6) is 4.59. The van der Waals surface area contributed by atoms with Crippen LogP contribution >= 0.6 is 11.3 Å². The molecular weight excluding hydrogens is 498 g/mol. The number of unbranched alkanes of at least 4 members (excludes halogenated alkanes) is 3. The first-order valence-electron chi connectivity index (χ1n) is 12.7. The van der Waals surface area contributed by atoms with Gasteiger partial charge in [-0.25, -0.2) is 14.6 Å². The minimum absolute atomic E-state index is 0.0150. The predicted molar refractivity (Wildman–Crippen MR) is 149 cm³/mol. The summed E-state index contributed by atoms with van der Waals surface area (Å²) in [7, 11) is 0. The topological polar surface area (TPSA) is 113 Å². The van der Waals surface area contributed by atoms with Gasteiger partial charge < -0.3 is 10.2 Å². The predicted octanol–water partition coefficient (Wildman–Crippen LogP) is 6.14. The summed E-state index contributed by atoms with van der Waals surface area (Å²) >= 11 is 1.65. The standard InChI is InChI=1S/C30H29N3O4S/c1-3-4-5-6-7-20-11-13-38-28(20)9-8-21-14-25(32-18-19(21)2)27-17-23(30(36)37)16-26(33-27)24-15-22(29(34)35)10-12-31-24/h10-17,19H,3-7,18H2,1-2H3,(H,34,35)(H,36,37). The lowest BCUT2D eigenvalue weighted by Crippen LogP contribution is -2.15. The number of aromatic nitrogens is 2. The van der Waals surface area contributed by atoms with Crippen LogP contribution in [0.1, 0.15) is 76.4 Å². The van der Waals surface area contributed by atoms with Crippen LogP contribution in [0.25, 0.3) is 11.4 Å². The first-order valence-corrected chi connectivity index (χ1v) is 13.5. The second kappa shape index (κ2) is 12.4. The number of nitrogens with zero attached hydrogens (tertiary/aromatic N) is 3. The number of carbonyl (C=O) groups is 2. The van der Waals surface area contributed by atoms with Crippen LogP contribution in [0.15, 0.2) is 58.6 Å². The number of aromatic carboxylic acids is 2. The highest BCUT2D eigenvalue weighted by Gasteiger charge is 2.19. The molecule has 38 heavy (non-hydrogen) atoms. The number of aliphatic imine (C=N–C) groups is 1. The van der Waals surface area contributed by atoms with Gasteiger partial charge in [-0.15, -0.1) is 11.3 Å². The zero-order valence-electron chi connectivity index (χ0n) is 21.4. The van der Waals surface area contributed by atoms with E-state index in [1.165, 1.54) is 55.3 Å². The fourth-order valence-corrected chi connectivity index (χ4v) is 4.92. The summed E-state index contributed by atoms with van der Waals surface area (Å²) in [6.07, 6.45) is 9.11. The number of hydrogen-bond donors (Lipinski definition) is 2. The highest BCUT2D eigenvalue weighted by Crippen LogP contribution is 2.24. The smallest absolute Gasteiger partial charge is 0.335 e. The van der Waals surface area contributed by atoms with E-state index in [1.54, 1.807) is 11.3 Å². The maximum absolute atomic E-state index is 11.9. The molecule has 1 atom stereocenters. The maximum atomic E-state index is 11.9. The van der Waals surface area contributed by atoms with E-state index in [-0.39, 0.29) is 28.4 Å². The number of hydrogen-bond acceptors (Lipinski definition) is 6. The molecule has 1 aliphatic rings. The molecule has 0 aromatic carbocycles. The third kappa shape index (κ3) is 6.61. The quantitative estimate of drug-likeness (QED) is 0.255. The highest BCUT2D eigenvalue weighted by molar-refractivity contribution is 7.10. The minimum atomic E-state index is -1.12. The van der Waals surface area contributed by atoms with Crippen molar-refractivity contribution in [2.75, 3.05) is 6.54 Å². The molecule has 1 unspecified atom stereocenters. The lowest BCUT2D eigenvalue weighted by Gasteiger charge is -2.16. The Bertz CT molecular complexity index is 1480. The number of rotatable bonds is 9. The Morgan fingerprint density at radius 1 is 1.00 bits per heavy atom. The average Bonchev–Trinajstić information content (AvgIpc) is 3.37. The van der Waals surface area contributed by atoms with Crippen LogP contribution in [-0.4, -0.2) is 44.4 Å². The number of carboxylic acids is 2. The molecule has 4 rings (SSSR count). The molecule has 3 aromatic heterocycles. The molecule has 194 valence electrons. The van der Waals surface area contributed by atoms with Gasteiger partial charge in [-0.05, 0) is 60.2 Å². The van der Waals surface area contributed by atoms with Crippen LogP contribution in [-0.2, 0) is 6.42 Å². The first kappa shape index (κ1) is 27.0. The Balaban J connectivity index is 1.65. The van der Waals surface area contributed by atoms with Crippen LogP contribution < -0.4 is 0 Å². The van der Waals surface area contributed by atoms with Crippen LogP contribution in [0.5, 0.6) is 0 Å². The SMILES string of the molecule is CCCCCCc1ccsc1C#CC1=CC(c2cc(C(=O)O)cc(-c3cc(C(=O)O)ccn3)n2)=NCC1C. The van der Waals surface area contributed by atoms with Crippen molar-refractivity contribution in [3.8, 4) is 23.2 Å². The fourth-order valence-electron chi connectivity index (χ4n) is 4.12. The second-order valence-corrected chi connectivity index (χ2v) is 10.1. The van der Waals surface area contributed by atoms with E-state index in [1.807, 2.05) is 6.08 Å². The molecule has 0 bridgehead atoms. The number of thiophene rings is 1. The number of carboxylic acid groups (broad SMARTS) is 2. The molecule has 7 nitrogen and oxygen atoms in total. The van der Waals surface area contributed by atoms with Gasteiger partial charge in [0, 0.05) is 24.2 Å². The molecule has 2 N–H and O–H groups in total. The van der Waals surface area contributed by atoms with Crippen molar-refractivity contribution in [1.29, 1.82) is 0 Å². The molecule has 0 aliphatic carbocycles. The Kier molecular flexibility index (Phi) is 8.82. The second-order valence-electron chi connectivity index (χ2n) is 9.23. The van der Waals surface area contributed by atoms with Gasteiger partial charge in [0.15, 0.2) is 0 Å².